The van der Waals surface area contributed by atoms with Gasteiger partial charge in [-0.1, -0.05) is 97.1 Å². The van der Waals surface area contributed by atoms with E-state index in [1.54, 1.807) is 54.6 Å². The van der Waals surface area contributed by atoms with Crippen LogP contribution in [-0.2, 0) is 0 Å². The maximum absolute atomic E-state index is 10.8. The van der Waals surface area contributed by atoms with Crippen LogP contribution < -0.4 is 9.80 Å². The average Bonchev–Trinajstić information content (AvgIpc) is 3.97. The van der Waals surface area contributed by atoms with E-state index in [4.69, 9.17) is 9.97 Å². The number of nitriles is 4. The molecule has 0 aliphatic rings. The summed E-state index contributed by atoms with van der Waals surface area (Å²) in [6.07, 6.45) is 0. The maximum Gasteiger partial charge on any atom is 0.160 e. The lowest BCUT2D eigenvalue weighted by Crippen LogP contribution is -2.09. The van der Waals surface area contributed by atoms with Gasteiger partial charge >= 0.3 is 0 Å². The van der Waals surface area contributed by atoms with Crippen molar-refractivity contribution in [1.82, 2.24) is 14.5 Å². The Hall–Kier alpha value is -11.4. The van der Waals surface area contributed by atoms with E-state index in [0.717, 1.165) is 72.7 Å². The van der Waals surface area contributed by atoms with Gasteiger partial charge in [0.1, 0.15) is 0 Å². The molecule has 9 heteroatoms. The van der Waals surface area contributed by atoms with E-state index >= 15 is 0 Å². The van der Waals surface area contributed by atoms with Gasteiger partial charge in [-0.15, -0.1) is 0 Å². The van der Waals surface area contributed by atoms with E-state index in [9.17, 15) is 21.0 Å². The van der Waals surface area contributed by atoms with Crippen molar-refractivity contribution in [3.05, 3.63) is 271 Å². The van der Waals surface area contributed by atoms with Crippen LogP contribution in [0.15, 0.2) is 249 Å². The zero-order chi connectivity index (χ0) is 52.2. The zero-order valence-corrected chi connectivity index (χ0v) is 41.2. The summed E-state index contributed by atoms with van der Waals surface area (Å²) in [5, 5.41) is 42.7. The van der Waals surface area contributed by atoms with Crippen LogP contribution >= 0.6 is 0 Å². The van der Waals surface area contributed by atoms with E-state index in [1.165, 1.54) is 0 Å². The number of anilines is 6. The van der Waals surface area contributed by atoms with Gasteiger partial charge in [0.05, 0.1) is 69.0 Å². The van der Waals surface area contributed by atoms with Crippen molar-refractivity contribution in [3.63, 3.8) is 0 Å². The fourth-order valence-corrected chi connectivity index (χ4v) is 10.1. The molecule has 0 radical (unpaired) electrons. The highest BCUT2D eigenvalue weighted by molar-refractivity contribution is 6.12. The van der Waals surface area contributed by atoms with E-state index in [0.29, 0.717) is 56.2 Å². The number of rotatable bonds is 11. The van der Waals surface area contributed by atoms with Gasteiger partial charge in [0.25, 0.3) is 0 Å². The predicted octanol–water partition coefficient (Wildman–Crippen LogP) is 16.7. The molecule has 12 rings (SSSR count). The highest BCUT2D eigenvalue weighted by Crippen LogP contribution is 2.43. The molecule has 0 N–H and O–H groups in total. The minimum Gasteiger partial charge on any atom is -0.310 e. The molecule has 0 bridgehead atoms. The smallest absolute Gasteiger partial charge is 0.160 e. The molecule has 358 valence electrons. The Balaban J connectivity index is 0.987. The molecule has 9 nitrogen and oxygen atoms in total. The molecule has 0 saturated heterocycles. The maximum atomic E-state index is 10.8. The molecular weight excluding hydrogens is 943 g/mol. The lowest BCUT2D eigenvalue weighted by molar-refractivity contribution is 1.18. The number of para-hydroxylation sites is 4. The summed E-state index contributed by atoms with van der Waals surface area (Å²) in [7, 11) is 0. The van der Waals surface area contributed by atoms with Gasteiger partial charge in [0.15, 0.2) is 5.82 Å². The summed E-state index contributed by atoms with van der Waals surface area (Å²) >= 11 is 0. The van der Waals surface area contributed by atoms with Gasteiger partial charge < -0.3 is 14.4 Å². The minimum atomic E-state index is 0.326. The van der Waals surface area contributed by atoms with Crippen LogP contribution in [0, 0.1) is 45.3 Å². The van der Waals surface area contributed by atoms with Gasteiger partial charge in [0, 0.05) is 72.8 Å². The van der Waals surface area contributed by atoms with Crippen molar-refractivity contribution >= 4 is 55.9 Å². The number of hydrogen-bond acceptors (Lipinski definition) is 8. The van der Waals surface area contributed by atoms with E-state index in [2.05, 4.69) is 184 Å². The molecule has 0 saturated carbocycles. The first kappa shape index (κ1) is 46.7. The summed E-state index contributed by atoms with van der Waals surface area (Å²) in [6, 6.07) is 91.5. The lowest BCUT2D eigenvalue weighted by atomic mass is 9.92. The quantitative estimate of drug-likeness (QED) is 0.125. The van der Waals surface area contributed by atoms with Crippen molar-refractivity contribution in [2.45, 2.75) is 0 Å². The highest BCUT2D eigenvalue weighted by atomic mass is 15.1. The third-order valence-corrected chi connectivity index (χ3v) is 13.7. The SMILES string of the molecule is N#Cc1ccc(-c2cc(-c3cc(C#N)c(-c4ccc(-n5c6ccc(N(c7ccccc7)c7ccccc7)cc6c6cc(N(c7ccccc7)c7ccccc7)ccc65)cc4)cc3C#N)nc(-c3ccc(C#N)cc3)n2)cc1. The molecule has 0 amide bonds. The molecular formula is C68H41N9. The molecule has 0 aliphatic carbocycles. The van der Waals surface area contributed by atoms with Crippen LogP contribution in [0.2, 0.25) is 0 Å². The van der Waals surface area contributed by atoms with Crippen LogP contribution in [0.25, 0.3) is 72.5 Å². The second-order valence-corrected chi connectivity index (χ2v) is 18.3. The molecule has 0 unspecified atom stereocenters. The number of fused-ring (bicyclic) bond motifs is 3. The fourth-order valence-electron chi connectivity index (χ4n) is 10.1. The molecule has 0 atom stereocenters. The molecule has 0 spiro atoms. The first-order valence-corrected chi connectivity index (χ1v) is 24.9. The Labute approximate surface area is 445 Å². The summed E-state index contributed by atoms with van der Waals surface area (Å²) in [5.41, 5.74) is 15.1. The molecule has 12 aromatic rings. The zero-order valence-electron chi connectivity index (χ0n) is 41.2. The van der Waals surface area contributed by atoms with Gasteiger partial charge in [-0.2, -0.15) is 21.0 Å². The average molecular weight is 984 g/mol. The van der Waals surface area contributed by atoms with E-state index in [1.807, 2.05) is 48.5 Å². The summed E-state index contributed by atoms with van der Waals surface area (Å²) in [4.78, 5) is 14.4. The summed E-state index contributed by atoms with van der Waals surface area (Å²) < 4.78 is 2.29. The highest BCUT2D eigenvalue weighted by Gasteiger charge is 2.22. The Morgan fingerprint density at radius 1 is 0.325 bits per heavy atom. The van der Waals surface area contributed by atoms with Crippen molar-refractivity contribution in [2.75, 3.05) is 9.80 Å². The molecule has 10 aromatic carbocycles. The van der Waals surface area contributed by atoms with E-state index in [-0.39, 0.29) is 0 Å². The van der Waals surface area contributed by atoms with Crippen LogP contribution in [0.1, 0.15) is 22.3 Å². The Morgan fingerprint density at radius 2 is 0.727 bits per heavy atom. The molecule has 2 aromatic heterocycles. The van der Waals surface area contributed by atoms with Gasteiger partial charge in [0.2, 0.25) is 0 Å². The van der Waals surface area contributed by atoms with Crippen LogP contribution in [0.3, 0.4) is 0 Å². The van der Waals surface area contributed by atoms with Crippen molar-refractivity contribution in [2.24, 2.45) is 0 Å². The molecule has 0 fully saturated rings. The largest absolute Gasteiger partial charge is 0.310 e. The molecule has 0 aliphatic heterocycles. The van der Waals surface area contributed by atoms with Crippen LogP contribution in [-0.4, -0.2) is 14.5 Å². The summed E-state index contributed by atoms with van der Waals surface area (Å²) in [6.45, 7) is 0. The predicted molar refractivity (Wildman–Crippen MR) is 306 cm³/mol. The Kier molecular flexibility index (Phi) is 12.3. The molecule has 2 heterocycles. The molecule has 77 heavy (non-hydrogen) atoms. The lowest BCUT2D eigenvalue weighted by Gasteiger charge is -2.26. The number of aromatic nitrogens is 3. The number of hydrogen-bond donors (Lipinski definition) is 0. The normalized spacial score (nSPS) is 10.8. The second kappa shape index (κ2) is 20.3. The van der Waals surface area contributed by atoms with Gasteiger partial charge in [-0.25, -0.2) is 9.97 Å². The van der Waals surface area contributed by atoms with Crippen molar-refractivity contribution in [1.29, 1.82) is 21.0 Å². The van der Waals surface area contributed by atoms with Crippen molar-refractivity contribution < 1.29 is 0 Å². The van der Waals surface area contributed by atoms with E-state index < -0.39 is 0 Å². The van der Waals surface area contributed by atoms with Gasteiger partial charge in [-0.05, 0) is 157 Å². The minimum absolute atomic E-state index is 0.326. The standard InChI is InChI=1S/C68H41N9/c69-42-46-21-25-49(26-22-46)64-41-65(74-68(73-64)50-27-23-47(43-70)24-28-50)61-38-51(44-71)60(37-52(61)45-72)48-29-31-57(32-30-48)77-66-35-33-58(75(53-13-5-1-6-14-53)54-15-7-2-8-16-54)39-62(66)63-40-59(34-36-67(63)77)76(55-17-9-3-10-18-55)56-19-11-4-12-20-56/h1-41H. The monoisotopic (exact) mass is 983 g/mol. The fraction of sp³-hybridized carbons (Fsp3) is 0. The first-order valence-electron chi connectivity index (χ1n) is 24.9. The topological polar surface area (TPSA) is 132 Å². The third-order valence-electron chi connectivity index (χ3n) is 13.7. The number of nitrogens with zero attached hydrogens (tertiary/aromatic N) is 9. The Morgan fingerprint density at radius 3 is 1.17 bits per heavy atom. The Bertz CT molecular complexity index is 4040. The number of benzene rings is 10. The third kappa shape index (κ3) is 8.92. The van der Waals surface area contributed by atoms with Crippen molar-refractivity contribution in [3.8, 4) is 75.0 Å². The first-order chi connectivity index (χ1) is 38.0. The summed E-state index contributed by atoms with van der Waals surface area (Å²) in [5.74, 6) is 0.375. The van der Waals surface area contributed by atoms with Crippen LogP contribution in [0.4, 0.5) is 34.1 Å². The second-order valence-electron chi connectivity index (χ2n) is 18.3. The van der Waals surface area contributed by atoms with Gasteiger partial charge in [-0.3, -0.25) is 0 Å². The van der Waals surface area contributed by atoms with Crippen LogP contribution in [0.5, 0.6) is 0 Å².